The number of rotatable bonds is 6. The van der Waals surface area contributed by atoms with Crippen molar-refractivity contribution in [1.82, 2.24) is 15.6 Å². The third kappa shape index (κ3) is 5.22. The van der Waals surface area contributed by atoms with Gasteiger partial charge in [-0.25, -0.2) is 14.6 Å². The second kappa shape index (κ2) is 7.43. The molecule has 0 radical (unpaired) electrons. The summed E-state index contributed by atoms with van der Waals surface area (Å²) in [6, 6.07) is -2.02. The number of ether oxygens (including phenoxy) is 1. The Morgan fingerprint density at radius 1 is 1.50 bits per heavy atom. The normalized spacial score (nSPS) is 11.5. The van der Waals surface area contributed by atoms with Gasteiger partial charge in [-0.3, -0.25) is 4.79 Å². The molecule has 0 saturated carbocycles. The zero-order chi connectivity index (χ0) is 15.1. The van der Waals surface area contributed by atoms with Gasteiger partial charge in [-0.05, 0) is 6.92 Å². The van der Waals surface area contributed by atoms with Crippen LogP contribution in [0.5, 0.6) is 0 Å². The zero-order valence-corrected chi connectivity index (χ0v) is 11.8. The molecule has 0 aliphatic heterocycles. The van der Waals surface area contributed by atoms with Gasteiger partial charge in [0.25, 0.3) is 0 Å². The summed E-state index contributed by atoms with van der Waals surface area (Å²) in [7, 11) is 1.14. The van der Waals surface area contributed by atoms with Crippen molar-refractivity contribution in [1.29, 1.82) is 0 Å². The van der Waals surface area contributed by atoms with Crippen LogP contribution >= 0.6 is 11.3 Å². The first-order chi connectivity index (χ1) is 9.42. The van der Waals surface area contributed by atoms with Crippen LogP contribution in [0.25, 0.3) is 0 Å². The number of carboxylic acids is 1. The van der Waals surface area contributed by atoms with Crippen molar-refractivity contribution >= 4 is 29.3 Å². The summed E-state index contributed by atoms with van der Waals surface area (Å²) >= 11 is 1.39. The number of aliphatic carboxylic acids is 1. The molecule has 0 fully saturated rings. The topological polar surface area (TPSA) is 118 Å². The van der Waals surface area contributed by atoms with E-state index in [9.17, 15) is 14.4 Å². The van der Waals surface area contributed by atoms with E-state index in [4.69, 9.17) is 5.11 Å². The van der Waals surface area contributed by atoms with Gasteiger partial charge in [0.1, 0.15) is 11.0 Å². The van der Waals surface area contributed by atoms with Gasteiger partial charge in [0.05, 0.1) is 20.1 Å². The lowest BCUT2D eigenvalue weighted by Crippen LogP contribution is -2.46. The molecule has 0 aliphatic carbocycles. The molecular formula is C11H15N3O5S. The molecule has 0 spiro atoms. The molecule has 0 aromatic carbocycles. The molecule has 1 heterocycles. The molecule has 1 rings (SSSR count). The highest BCUT2D eigenvalue weighted by molar-refractivity contribution is 7.09. The van der Waals surface area contributed by atoms with E-state index in [-0.39, 0.29) is 6.54 Å². The van der Waals surface area contributed by atoms with Crippen LogP contribution in [0.4, 0.5) is 4.79 Å². The smallest absolute Gasteiger partial charge is 0.326 e. The van der Waals surface area contributed by atoms with Crippen LogP contribution in [0.2, 0.25) is 0 Å². The summed E-state index contributed by atoms with van der Waals surface area (Å²) in [6.07, 6.45) is -0.435. The molecule has 20 heavy (non-hydrogen) atoms. The van der Waals surface area contributed by atoms with Crippen molar-refractivity contribution < 1.29 is 24.2 Å². The molecular weight excluding hydrogens is 286 g/mol. The zero-order valence-electron chi connectivity index (χ0n) is 11.0. The first-order valence-corrected chi connectivity index (χ1v) is 6.55. The van der Waals surface area contributed by atoms with E-state index in [0.29, 0.717) is 5.01 Å². The number of carbonyl (C=O) groups is 3. The molecule has 9 heteroatoms. The van der Waals surface area contributed by atoms with Gasteiger partial charge in [-0.2, -0.15) is 0 Å². The number of nitrogens with zero attached hydrogens (tertiary/aromatic N) is 1. The molecule has 0 bridgehead atoms. The number of nitrogens with one attached hydrogen (secondary N) is 2. The van der Waals surface area contributed by atoms with E-state index >= 15 is 0 Å². The molecule has 8 nitrogen and oxygen atoms in total. The predicted molar refractivity (Wildman–Crippen MR) is 70.3 cm³/mol. The lowest BCUT2D eigenvalue weighted by molar-refractivity contribution is -0.147. The summed E-state index contributed by atoms with van der Waals surface area (Å²) in [5.74, 6) is -2.02. The van der Waals surface area contributed by atoms with Crippen molar-refractivity contribution in [3.8, 4) is 0 Å². The maximum absolute atomic E-state index is 11.5. The van der Waals surface area contributed by atoms with E-state index < -0.39 is 30.4 Å². The van der Waals surface area contributed by atoms with Gasteiger partial charge < -0.3 is 20.5 Å². The van der Waals surface area contributed by atoms with E-state index in [0.717, 1.165) is 12.8 Å². The minimum Gasteiger partial charge on any atom is -0.480 e. The van der Waals surface area contributed by atoms with Gasteiger partial charge in [0, 0.05) is 11.1 Å². The second-order valence-electron chi connectivity index (χ2n) is 3.88. The SMILES string of the molecule is COC(=O)C[C@H](NC(=O)NCc1nc(C)cs1)C(=O)O. The number of carbonyl (C=O) groups excluding carboxylic acids is 2. The molecule has 110 valence electrons. The van der Waals surface area contributed by atoms with Crippen molar-refractivity contribution in [3.05, 3.63) is 16.1 Å². The number of aryl methyl sites for hydroxylation is 1. The fourth-order valence-electron chi connectivity index (χ4n) is 1.30. The molecule has 1 aromatic heterocycles. The molecule has 0 aliphatic rings. The van der Waals surface area contributed by atoms with Gasteiger partial charge in [0.2, 0.25) is 0 Å². The Morgan fingerprint density at radius 2 is 2.20 bits per heavy atom. The highest BCUT2D eigenvalue weighted by atomic mass is 32.1. The third-order valence-electron chi connectivity index (χ3n) is 2.27. The maximum atomic E-state index is 11.5. The van der Waals surface area contributed by atoms with Gasteiger partial charge in [-0.15, -0.1) is 11.3 Å². The maximum Gasteiger partial charge on any atom is 0.326 e. The van der Waals surface area contributed by atoms with Gasteiger partial charge >= 0.3 is 18.0 Å². The molecule has 0 unspecified atom stereocenters. The molecule has 1 aromatic rings. The second-order valence-corrected chi connectivity index (χ2v) is 4.82. The highest BCUT2D eigenvalue weighted by Gasteiger charge is 2.23. The summed E-state index contributed by atoms with van der Waals surface area (Å²) < 4.78 is 4.36. The predicted octanol–water partition coefficient (Wildman–Crippen LogP) is 0.267. The van der Waals surface area contributed by atoms with E-state index in [2.05, 4.69) is 20.4 Å². The fraction of sp³-hybridized carbons (Fsp3) is 0.455. The number of aromatic nitrogens is 1. The monoisotopic (exact) mass is 301 g/mol. The Balaban J connectivity index is 2.45. The lowest BCUT2D eigenvalue weighted by Gasteiger charge is -2.13. The average molecular weight is 301 g/mol. The van der Waals surface area contributed by atoms with Crippen molar-refractivity contribution in [2.45, 2.75) is 25.9 Å². The molecule has 2 amide bonds. The summed E-state index contributed by atoms with van der Waals surface area (Å²) in [6.45, 7) is 2.02. The fourth-order valence-corrected chi connectivity index (χ4v) is 2.01. The number of esters is 1. The molecule has 0 saturated heterocycles. The summed E-state index contributed by atoms with van der Waals surface area (Å²) in [5.41, 5.74) is 0.848. The Morgan fingerprint density at radius 3 is 2.70 bits per heavy atom. The quantitative estimate of drug-likeness (QED) is 0.649. The highest BCUT2D eigenvalue weighted by Crippen LogP contribution is 2.07. The van der Waals surface area contributed by atoms with Crippen LogP contribution in [-0.2, 0) is 20.9 Å². The van der Waals surface area contributed by atoms with Crippen LogP contribution in [0.1, 0.15) is 17.1 Å². The third-order valence-corrected chi connectivity index (χ3v) is 3.24. The van der Waals surface area contributed by atoms with Gasteiger partial charge in [0.15, 0.2) is 0 Å². The minimum atomic E-state index is -1.33. The number of hydrogen-bond acceptors (Lipinski definition) is 6. The van der Waals surface area contributed by atoms with Crippen LogP contribution in [0, 0.1) is 6.92 Å². The molecule has 1 atom stereocenters. The first-order valence-electron chi connectivity index (χ1n) is 5.67. The van der Waals surface area contributed by atoms with Crippen molar-refractivity contribution in [3.63, 3.8) is 0 Å². The van der Waals surface area contributed by atoms with Crippen molar-refractivity contribution in [2.75, 3.05) is 7.11 Å². The van der Waals surface area contributed by atoms with E-state index in [1.54, 1.807) is 0 Å². The Kier molecular flexibility index (Phi) is 5.91. The summed E-state index contributed by atoms with van der Waals surface area (Å²) in [4.78, 5) is 37.6. The Labute approximate surface area is 119 Å². The average Bonchev–Trinajstić information content (AvgIpc) is 2.81. The number of methoxy groups -OCH3 is 1. The Hall–Kier alpha value is -2.16. The summed E-state index contributed by atoms with van der Waals surface area (Å²) in [5, 5.41) is 16.1. The standard InChI is InChI=1S/C11H15N3O5S/c1-6-5-20-8(13-6)4-12-11(18)14-7(10(16)17)3-9(15)19-2/h5,7H,3-4H2,1-2H3,(H,16,17)(H2,12,14,18)/t7-/m0/s1. The van der Waals surface area contributed by atoms with E-state index in [1.165, 1.54) is 11.3 Å². The van der Waals surface area contributed by atoms with Gasteiger partial charge in [-0.1, -0.05) is 0 Å². The lowest BCUT2D eigenvalue weighted by atomic mass is 10.2. The van der Waals surface area contributed by atoms with Crippen molar-refractivity contribution in [2.24, 2.45) is 0 Å². The van der Waals surface area contributed by atoms with Crippen LogP contribution in [-0.4, -0.2) is 41.2 Å². The van der Waals surface area contributed by atoms with E-state index in [1.807, 2.05) is 12.3 Å². The largest absolute Gasteiger partial charge is 0.480 e. The number of hydrogen-bond donors (Lipinski definition) is 3. The number of carboxylic acid groups (broad SMARTS) is 1. The number of thiazole rings is 1. The van der Waals surface area contributed by atoms with Crippen LogP contribution in [0.15, 0.2) is 5.38 Å². The van der Waals surface area contributed by atoms with Crippen LogP contribution < -0.4 is 10.6 Å². The number of urea groups is 1. The Bertz CT molecular complexity index is 502. The van der Waals surface area contributed by atoms with Crippen LogP contribution in [0.3, 0.4) is 0 Å². The number of amides is 2. The molecule has 3 N–H and O–H groups in total. The minimum absolute atomic E-state index is 0.189. The first kappa shape index (κ1) is 15.9.